The van der Waals surface area contributed by atoms with Crippen molar-refractivity contribution < 1.29 is 5.11 Å². The molecule has 0 amide bonds. The van der Waals surface area contributed by atoms with Gasteiger partial charge in [-0.15, -0.1) is 0 Å². The molecule has 1 N–H and O–H groups in total. The predicted octanol–water partition coefficient (Wildman–Crippen LogP) is 4.46. The number of rotatable bonds is 3. The molecule has 0 saturated carbocycles. The standard InChI is InChI=1S/C16H11N5O/c17-21-20-16-18-10-13(12-8-4-5-9-14(12)22)15(19-16)11-6-2-1-3-7-11/h1-10,22H. The van der Waals surface area contributed by atoms with Gasteiger partial charge >= 0.3 is 0 Å². The van der Waals surface area contributed by atoms with Gasteiger partial charge in [-0.1, -0.05) is 48.5 Å². The van der Waals surface area contributed by atoms with Gasteiger partial charge in [0.05, 0.1) is 5.69 Å². The fraction of sp³-hybridized carbons (Fsp3) is 0. The Morgan fingerprint density at radius 3 is 2.41 bits per heavy atom. The van der Waals surface area contributed by atoms with Crippen LogP contribution in [-0.2, 0) is 0 Å². The van der Waals surface area contributed by atoms with Crippen molar-refractivity contribution in [2.75, 3.05) is 0 Å². The van der Waals surface area contributed by atoms with Gasteiger partial charge in [-0.05, 0) is 16.7 Å². The van der Waals surface area contributed by atoms with Crippen LogP contribution in [0.25, 0.3) is 32.8 Å². The molecular weight excluding hydrogens is 278 g/mol. The fourth-order valence-electron chi connectivity index (χ4n) is 2.18. The number of phenolic OH excluding ortho intramolecular Hbond substituents is 1. The SMILES string of the molecule is [N-]=[N+]=Nc1ncc(-c2ccccc2O)c(-c2ccccc2)n1. The van der Waals surface area contributed by atoms with Crippen LogP contribution < -0.4 is 0 Å². The van der Waals surface area contributed by atoms with E-state index in [1.807, 2.05) is 36.4 Å². The molecule has 0 fully saturated rings. The molecule has 0 aliphatic rings. The minimum atomic E-state index is 0.0422. The summed E-state index contributed by atoms with van der Waals surface area (Å²) in [6.45, 7) is 0. The lowest BCUT2D eigenvalue weighted by atomic mass is 10.0. The van der Waals surface area contributed by atoms with Crippen molar-refractivity contribution in [1.82, 2.24) is 9.97 Å². The highest BCUT2D eigenvalue weighted by atomic mass is 16.3. The number of nitrogens with zero attached hydrogens (tertiary/aromatic N) is 5. The molecule has 6 nitrogen and oxygen atoms in total. The molecule has 106 valence electrons. The second-order valence-electron chi connectivity index (χ2n) is 4.50. The smallest absolute Gasteiger partial charge is 0.217 e. The summed E-state index contributed by atoms with van der Waals surface area (Å²) in [5.74, 6) is 0.181. The Labute approximate surface area is 126 Å². The number of azide groups is 1. The predicted molar refractivity (Wildman–Crippen MR) is 83.4 cm³/mol. The molecule has 0 unspecified atom stereocenters. The van der Waals surface area contributed by atoms with Gasteiger partial charge in [-0.2, -0.15) is 0 Å². The van der Waals surface area contributed by atoms with Crippen LogP contribution in [0.3, 0.4) is 0 Å². The summed E-state index contributed by atoms with van der Waals surface area (Å²) in [4.78, 5) is 11.0. The molecule has 0 bridgehead atoms. The van der Waals surface area contributed by atoms with Crippen LogP contribution in [-0.4, -0.2) is 15.1 Å². The van der Waals surface area contributed by atoms with E-state index >= 15 is 0 Å². The van der Waals surface area contributed by atoms with E-state index in [-0.39, 0.29) is 11.7 Å². The molecule has 0 aliphatic carbocycles. The Kier molecular flexibility index (Phi) is 3.68. The van der Waals surface area contributed by atoms with Gasteiger partial charge in [0.1, 0.15) is 5.75 Å². The molecular formula is C16H11N5O. The summed E-state index contributed by atoms with van der Waals surface area (Å²) in [5.41, 5.74) is 11.3. The molecule has 0 aliphatic heterocycles. The quantitative estimate of drug-likeness (QED) is 0.438. The molecule has 0 saturated heterocycles. The van der Waals surface area contributed by atoms with Gasteiger partial charge in [-0.25, -0.2) is 9.97 Å². The maximum absolute atomic E-state index is 10.1. The van der Waals surface area contributed by atoms with E-state index in [0.29, 0.717) is 16.8 Å². The molecule has 22 heavy (non-hydrogen) atoms. The Hall–Kier alpha value is -3.37. The third kappa shape index (κ3) is 2.59. The van der Waals surface area contributed by atoms with Crippen molar-refractivity contribution in [1.29, 1.82) is 0 Å². The van der Waals surface area contributed by atoms with Gasteiger partial charge in [0.25, 0.3) is 0 Å². The van der Waals surface area contributed by atoms with Crippen molar-refractivity contribution in [2.24, 2.45) is 5.11 Å². The lowest BCUT2D eigenvalue weighted by Gasteiger charge is -2.10. The van der Waals surface area contributed by atoms with Crippen molar-refractivity contribution in [3.63, 3.8) is 0 Å². The maximum Gasteiger partial charge on any atom is 0.217 e. The highest BCUT2D eigenvalue weighted by molar-refractivity contribution is 5.83. The summed E-state index contributed by atoms with van der Waals surface area (Å²) >= 11 is 0. The molecule has 2 aromatic carbocycles. The normalized spacial score (nSPS) is 10.0. The largest absolute Gasteiger partial charge is 0.507 e. The average Bonchev–Trinajstić information content (AvgIpc) is 2.57. The van der Waals surface area contributed by atoms with E-state index in [4.69, 9.17) is 5.53 Å². The van der Waals surface area contributed by atoms with E-state index in [1.54, 1.807) is 24.4 Å². The van der Waals surface area contributed by atoms with Crippen LogP contribution in [0.2, 0.25) is 0 Å². The number of phenols is 1. The average molecular weight is 289 g/mol. The summed E-state index contributed by atoms with van der Waals surface area (Å²) in [6.07, 6.45) is 1.55. The first kappa shape index (κ1) is 13.6. The molecule has 0 radical (unpaired) electrons. The number of hydrogen-bond donors (Lipinski definition) is 1. The van der Waals surface area contributed by atoms with E-state index < -0.39 is 0 Å². The van der Waals surface area contributed by atoms with Crippen LogP contribution in [0, 0.1) is 0 Å². The zero-order valence-electron chi connectivity index (χ0n) is 11.5. The molecule has 3 aromatic rings. The Bertz CT molecular complexity index is 857. The molecule has 1 heterocycles. The summed E-state index contributed by atoms with van der Waals surface area (Å²) in [5, 5.41) is 13.5. The first-order valence-electron chi connectivity index (χ1n) is 6.55. The lowest BCUT2D eigenvalue weighted by Crippen LogP contribution is -1.92. The molecule has 0 atom stereocenters. The zero-order valence-corrected chi connectivity index (χ0v) is 11.5. The highest BCUT2D eigenvalue weighted by Crippen LogP contribution is 2.35. The van der Waals surface area contributed by atoms with Crippen molar-refractivity contribution in [3.8, 4) is 28.1 Å². The molecule has 6 heteroatoms. The second kappa shape index (κ2) is 5.95. The topological polar surface area (TPSA) is 94.8 Å². The van der Waals surface area contributed by atoms with Crippen LogP contribution >= 0.6 is 0 Å². The third-order valence-corrected chi connectivity index (χ3v) is 3.15. The van der Waals surface area contributed by atoms with Crippen LogP contribution in [0.1, 0.15) is 0 Å². The van der Waals surface area contributed by atoms with Crippen LogP contribution in [0.5, 0.6) is 5.75 Å². The first-order chi connectivity index (χ1) is 10.8. The summed E-state index contributed by atoms with van der Waals surface area (Å²) in [7, 11) is 0. The van der Waals surface area contributed by atoms with E-state index in [0.717, 1.165) is 5.56 Å². The van der Waals surface area contributed by atoms with Gasteiger partial charge < -0.3 is 5.11 Å². The molecule has 1 aromatic heterocycles. The van der Waals surface area contributed by atoms with Gasteiger partial charge in [0.15, 0.2) is 0 Å². The minimum absolute atomic E-state index is 0.0422. The fourth-order valence-corrected chi connectivity index (χ4v) is 2.18. The van der Waals surface area contributed by atoms with Crippen molar-refractivity contribution in [2.45, 2.75) is 0 Å². The van der Waals surface area contributed by atoms with Crippen LogP contribution in [0.4, 0.5) is 5.95 Å². The number of hydrogen-bond acceptors (Lipinski definition) is 4. The summed E-state index contributed by atoms with van der Waals surface area (Å²) in [6, 6.07) is 16.4. The maximum atomic E-state index is 10.1. The lowest BCUT2D eigenvalue weighted by molar-refractivity contribution is 0.477. The minimum Gasteiger partial charge on any atom is -0.507 e. The van der Waals surface area contributed by atoms with E-state index in [2.05, 4.69) is 20.0 Å². The van der Waals surface area contributed by atoms with Gasteiger partial charge in [0.2, 0.25) is 5.95 Å². The van der Waals surface area contributed by atoms with Crippen molar-refractivity contribution in [3.05, 3.63) is 71.2 Å². The Balaban J connectivity index is 2.26. The van der Waals surface area contributed by atoms with E-state index in [9.17, 15) is 5.11 Å². The Morgan fingerprint density at radius 1 is 0.955 bits per heavy atom. The van der Waals surface area contributed by atoms with Gasteiger partial charge in [0, 0.05) is 27.8 Å². The Morgan fingerprint density at radius 2 is 1.68 bits per heavy atom. The third-order valence-electron chi connectivity index (χ3n) is 3.15. The van der Waals surface area contributed by atoms with Crippen LogP contribution in [0.15, 0.2) is 65.9 Å². The summed E-state index contributed by atoms with van der Waals surface area (Å²) < 4.78 is 0. The first-order valence-corrected chi connectivity index (χ1v) is 6.55. The van der Waals surface area contributed by atoms with Gasteiger partial charge in [-0.3, -0.25) is 0 Å². The number of aromatic hydroxyl groups is 1. The monoisotopic (exact) mass is 289 g/mol. The highest BCUT2D eigenvalue weighted by Gasteiger charge is 2.13. The molecule has 0 spiro atoms. The second-order valence-corrected chi connectivity index (χ2v) is 4.50. The van der Waals surface area contributed by atoms with E-state index in [1.165, 1.54) is 0 Å². The van der Waals surface area contributed by atoms with Crippen molar-refractivity contribution >= 4 is 5.95 Å². The number of para-hydroxylation sites is 1. The number of aromatic nitrogens is 2. The number of benzene rings is 2. The molecule has 3 rings (SSSR count). The zero-order chi connectivity index (χ0) is 15.4.